The van der Waals surface area contributed by atoms with Gasteiger partial charge in [0.1, 0.15) is 11.9 Å². The van der Waals surface area contributed by atoms with Gasteiger partial charge in [0.25, 0.3) is 0 Å². The molecule has 26 heavy (non-hydrogen) atoms. The molecule has 0 amide bonds. The highest BCUT2D eigenvalue weighted by molar-refractivity contribution is 5.57. The Kier molecular flexibility index (Phi) is 6.30. The van der Waals surface area contributed by atoms with Crippen LogP contribution in [0, 0.1) is 29.1 Å². The summed E-state index contributed by atoms with van der Waals surface area (Å²) in [7, 11) is 0. The molecule has 1 aromatic rings. The second-order valence-electron chi connectivity index (χ2n) is 7.43. The Labute approximate surface area is 156 Å². The fourth-order valence-electron chi connectivity index (χ4n) is 4.12. The van der Waals surface area contributed by atoms with Crippen molar-refractivity contribution in [2.75, 3.05) is 0 Å². The molecule has 1 saturated carbocycles. The molecule has 0 aliphatic heterocycles. The Balaban J connectivity index is 1.65. The summed E-state index contributed by atoms with van der Waals surface area (Å²) < 4.78 is 13.7. The average molecular weight is 347 g/mol. The smallest absolute Gasteiger partial charge is 0.119 e. The number of hydrogen-bond acceptors (Lipinski definition) is 1. The van der Waals surface area contributed by atoms with Gasteiger partial charge in [-0.25, -0.2) is 4.39 Å². The third-order valence-corrected chi connectivity index (χ3v) is 5.63. The van der Waals surface area contributed by atoms with E-state index in [1.807, 2.05) is 12.1 Å². The third kappa shape index (κ3) is 4.44. The highest BCUT2D eigenvalue weighted by Gasteiger charge is 2.21. The minimum absolute atomic E-state index is 0.101. The second kappa shape index (κ2) is 8.86. The van der Waals surface area contributed by atoms with E-state index in [4.69, 9.17) is 5.26 Å². The Morgan fingerprint density at radius 3 is 2.46 bits per heavy atom. The summed E-state index contributed by atoms with van der Waals surface area (Å²) in [4.78, 5) is 0. The fraction of sp³-hybridized carbons (Fsp3) is 0.458. The summed E-state index contributed by atoms with van der Waals surface area (Å²) in [5, 5.41) is 9.11. The maximum atomic E-state index is 13.7. The lowest BCUT2D eigenvalue weighted by Crippen LogP contribution is -2.13. The van der Waals surface area contributed by atoms with Gasteiger partial charge in [-0.1, -0.05) is 49.8 Å². The quantitative estimate of drug-likeness (QED) is 0.567. The lowest BCUT2D eigenvalue weighted by molar-refractivity contribution is 0.308. The van der Waals surface area contributed by atoms with Crippen molar-refractivity contribution in [3.63, 3.8) is 0 Å². The molecule has 1 fully saturated rings. The summed E-state index contributed by atoms with van der Waals surface area (Å²) in [6.07, 6.45) is 10.7. The van der Waals surface area contributed by atoms with Crippen LogP contribution in [0.15, 0.2) is 47.3 Å². The molecule has 0 N–H and O–H groups in total. The molecule has 134 valence electrons. The first kappa shape index (κ1) is 18.5. The molecule has 0 saturated heterocycles. The summed E-state index contributed by atoms with van der Waals surface area (Å²) >= 11 is 0. The zero-order valence-electron chi connectivity index (χ0n) is 15.5. The van der Waals surface area contributed by atoms with Crippen molar-refractivity contribution >= 4 is 0 Å². The highest BCUT2D eigenvalue weighted by atomic mass is 19.1. The molecular weight excluding hydrogens is 321 g/mol. The van der Waals surface area contributed by atoms with Crippen LogP contribution in [0.1, 0.15) is 75.3 Å². The Bertz CT molecular complexity index is 787. The van der Waals surface area contributed by atoms with Crippen molar-refractivity contribution < 1.29 is 4.39 Å². The number of halogens is 1. The summed E-state index contributed by atoms with van der Waals surface area (Å²) in [5.41, 5.74) is 2.95. The zero-order chi connectivity index (χ0) is 18.4. The van der Waals surface area contributed by atoms with Gasteiger partial charge in [0.2, 0.25) is 0 Å². The minimum atomic E-state index is -0.340. The van der Waals surface area contributed by atoms with Crippen LogP contribution in [0.4, 0.5) is 4.39 Å². The van der Waals surface area contributed by atoms with Gasteiger partial charge >= 0.3 is 0 Å². The van der Waals surface area contributed by atoms with Gasteiger partial charge in [0.05, 0.1) is 5.57 Å². The molecule has 1 aromatic carbocycles. The van der Waals surface area contributed by atoms with Crippen LogP contribution in [0.3, 0.4) is 0 Å². The van der Waals surface area contributed by atoms with E-state index in [0.29, 0.717) is 24.3 Å². The van der Waals surface area contributed by atoms with Crippen molar-refractivity contribution in [2.45, 2.75) is 64.2 Å². The number of benzene rings is 1. The van der Waals surface area contributed by atoms with Crippen molar-refractivity contribution in [1.82, 2.24) is 0 Å². The van der Waals surface area contributed by atoms with Crippen LogP contribution < -0.4 is 0 Å². The Hall–Kier alpha value is -2.32. The van der Waals surface area contributed by atoms with E-state index in [1.54, 1.807) is 0 Å². The van der Waals surface area contributed by atoms with Crippen LogP contribution in [0.2, 0.25) is 0 Å². The Morgan fingerprint density at radius 2 is 1.81 bits per heavy atom. The van der Waals surface area contributed by atoms with Gasteiger partial charge in [-0.3, -0.25) is 0 Å². The number of allylic oxidation sites excluding steroid dienone is 4. The van der Waals surface area contributed by atoms with Gasteiger partial charge in [0, 0.05) is 17.6 Å². The van der Waals surface area contributed by atoms with Crippen LogP contribution in [0.25, 0.3) is 0 Å². The van der Waals surface area contributed by atoms with E-state index in [0.717, 1.165) is 11.5 Å². The number of hydrogen-bond donors (Lipinski definition) is 0. The predicted octanol–water partition coefficient (Wildman–Crippen LogP) is 6.58. The minimum Gasteiger partial charge on any atom is -0.210 e. The predicted molar refractivity (Wildman–Crippen MR) is 104 cm³/mol. The van der Waals surface area contributed by atoms with Gasteiger partial charge in [-0.15, -0.1) is 0 Å². The molecule has 2 heteroatoms. The second-order valence-corrected chi connectivity index (χ2v) is 7.43. The van der Waals surface area contributed by atoms with E-state index in [1.165, 1.54) is 44.1 Å². The first-order valence-electron chi connectivity index (χ1n) is 9.82. The summed E-state index contributed by atoms with van der Waals surface area (Å²) in [6, 6.07) is 10.4. The molecule has 0 unspecified atom stereocenters. The zero-order valence-corrected chi connectivity index (χ0v) is 15.5. The van der Waals surface area contributed by atoms with E-state index >= 15 is 0 Å². The molecular formula is C24H26FN. The molecule has 0 aromatic heterocycles. The lowest BCUT2D eigenvalue weighted by Gasteiger charge is -2.28. The first-order chi connectivity index (χ1) is 12.7. The monoisotopic (exact) mass is 347 g/mol. The summed E-state index contributed by atoms with van der Waals surface area (Å²) in [5.74, 6) is 7.32. The van der Waals surface area contributed by atoms with Crippen molar-refractivity contribution in [3.8, 4) is 17.9 Å². The van der Waals surface area contributed by atoms with Gasteiger partial charge in [0.15, 0.2) is 0 Å². The molecule has 2 aliphatic rings. The van der Waals surface area contributed by atoms with E-state index in [2.05, 4.69) is 43.0 Å². The maximum Gasteiger partial charge on any atom is 0.119 e. The van der Waals surface area contributed by atoms with E-state index in [-0.39, 0.29) is 11.4 Å². The molecule has 2 aliphatic carbocycles. The van der Waals surface area contributed by atoms with Crippen molar-refractivity contribution in [3.05, 3.63) is 58.4 Å². The summed E-state index contributed by atoms with van der Waals surface area (Å²) in [6.45, 7) is 2.28. The van der Waals surface area contributed by atoms with Crippen molar-refractivity contribution in [2.24, 2.45) is 5.92 Å². The molecule has 0 radical (unpaired) electrons. The largest absolute Gasteiger partial charge is 0.210 e. The molecule has 0 bridgehead atoms. The average Bonchev–Trinajstić information content (AvgIpc) is 2.68. The van der Waals surface area contributed by atoms with E-state index < -0.39 is 0 Å². The van der Waals surface area contributed by atoms with Crippen molar-refractivity contribution in [1.29, 1.82) is 5.26 Å². The molecule has 1 nitrogen and oxygen atoms in total. The van der Waals surface area contributed by atoms with E-state index in [9.17, 15) is 4.39 Å². The SMILES string of the molecule is CCCC1CCC(c2ccc(C#CC3=CCCC(F)=C3C#N)cc2)CC1. The highest BCUT2D eigenvalue weighted by Crippen LogP contribution is 2.37. The van der Waals surface area contributed by atoms with Gasteiger partial charge in [-0.05, 0) is 61.6 Å². The number of nitriles is 1. The lowest BCUT2D eigenvalue weighted by atomic mass is 9.77. The van der Waals surface area contributed by atoms with Crippen LogP contribution in [0.5, 0.6) is 0 Å². The maximum absolute atomic E-state index is 13.7. The molecule has 3 rings (SSSR count). The van der Waals surface area contributed by atoms with Crippen LogP contribution in [-0.2, 0) is 0 Å². The number of rotatable bonds is 3. The van der Waals surface area contributed by atoms with Crippen LogP contribution >= 0.6 is 0 Å². The van der Waals surface area contributed by atoms with Crippen LogP contribution in [-0.4, -0.2) is 0 Å². The normalized spacial score (nSPS) is 22.9. The van der Waals surface area contributed by atoms with Gasteiger partial charge in [-0.2, -0.15) is 5.26 Å². The topological polar surface area (TPSA) is 23.8 Å². The molecule has 0 heterocycles. The molecule has 0 atom stereocenters. The fourth-order valence-corrected chi connectivity index (χ4v) is 4.12. The Morgan fingerprint density at radius 1 is 1.08 bits per heavy atom. The first-order valence-corrected chi connectivity index (χ1v) is 9.82. The number of nitrogens with zero attached hydrogens (tertiary/aromatic N) is 1. The molecule has 0 spiro atoms. The van der Waals surface area contributed by atoms with Gasteiger partial charge < -0.3 is 0 Å². The standard InChI is InChI=1S/C24H26FN/c1-2-4-18-7-12-20(13-8-18)21-14-9-19(10-15-21)11-16-22-5-3-6-24(25)23(22)17-26/h5,9-10,14-15,18,20H,2-4,6-8,12-13H2,1H3. The third-order valence-electron chi connectivity index (χ3n) is 5.63.